The van der Waals surface area contributed by atoms with Crippen molar-refractivity contribution in [2.24, 2.45) is 0 Å². The second kappa shape index (κ2) is 14.1. The summed E-state index contributed by atoms with van der Waals surface area (Å²) >= 11 is 5.63. The van der Waals surface area contributed by atoms with Crippen molar-refractivity contribution < 1.29 is 19.1 Å². The van der Waals surface area contributed by atoms with Gasteiger partial charge in [-0.15, -0.1) is 0 Å². The molecule has 0 spiro atoms. The molecular formula is C16H28N2O4Se2. The molecule has 0 N–H and O–H groups in total. The molecule has 0 aromatic heterocycles. The van der Waals surface area contributed by atoms with Crippen LogP contribution in [0.3, 0.4) is 0 Å². The van der Waals surface area contributed by atoms with Crippen LogP contribution in [0.1, 0.15) is 25.7 Å². The minimum atomic E-state index is -0.180. The van der Waals surface area contributed by atoms with Crippen molar-refractivity contribution in [2.75, 3.05) is 52.5 Å². The van der Waals surface area contributed by atoms with E-state index >= 15 is 0 Å². The molecule has 1 heterocycles. The summed E-state index contributed by atoms with van der Waals surface area (Å²) in [4.78, 5) is 28.0. The molecule has 0 aromatic rings. The molecule has 24 heavy (non-hydrogen) atoms. The molecule has 0 unspecified atom stereocenters. The molecule has 0 aromatic carbocycles. The van der Waals surface area contributed by atoms with Crippen LogP contribution in [0.5, 0.6) is 0 Å². The molecule has 8 heteroatoms. The maximum absolute atomic E-state index is 11.7. The van der Waals surface area contributed by atoms with Gasteiger partial charge in [-0.2, -0.15) is 0 Å². The summed E-state index contributed by atoms with van der Waals surface area (Å²) in [7, 11) is 0. The number of carbonyl (C=O) groups is 2. The van der Waals surface area contributed by atoms with E-state index < -0.39 is 0 Å². The number of rotatable bonds is 13. The van der Waals surface area contributed by atoms with Crippen LogP contribution < -0.4 is 0 Å². The molecule has 0 aliphatic carbocycles. The van der Waals surface area contributed by atoms with Gasteiger partial charge in [-0.1, -0.05) is 0 Å². The first kappa shape index (κ1) is 21.9. The van der Waals surface area contributed by atoms with Gasteiger partial charge < -0.3 is 0 Å². The van der Waals surface area contributed by atoms with Crippen LogP contribution in [0.25, 0.3) is 0 Å². The van der Waals surface area contributed by atoms with Crippen LogP contribution >= 0.6 is 0 Å². The number of hydrogen-bond acceptors (Lipinski definition) is 6. The molecule has 1 aliphatic rings. The zero-order chi connectivity index (χ0) is 17.6. The molecule has 0 saturated carbocycles. The van der Waals surface area contributed by atoms with E-state index in [0.717, 1.165) is 26.2 Å². The molecule has 1 rings (SSSR count). The minimum absolute atomic E-state index is 0.180. The molecule has 0 bridgehead atoms. The van der Waals surface area contributed by atoms with E-state index in [4.69, 9.17) is 9.47 Å². The van der Waals surface area contributed by atoms with E-state index in [1.165, 1.54) is 12.8 Å². The number of esters is 2. The first-order valence-corrected chi connectivity index (χ1v) is 11.0. The van der Waals surface area contributed by atoms with Crippen LogP contribution in [0.2, 0.25) is 10.6 Å². The average molecular weight is 470 g/mol. The van der Waals surface area contributed by atoms with Crippen molar-refractivity contribution in [1.29, 1.82) is 0 Å². The summed E-state index contributed by atoms with van der Waals surface area (Å²) in [6.07, 6.45) is 3.25. The molecule has 138 valence electrons. The van der Waals surface area contributed by atoms with E-state index in [9.17, 15) is 9.59 Å². The Morgan fingerprint density at radius 2 is 1.38 bits per heavy atom. The Hall–Kier alpha value is -0.101. The molecule has 1 saturated heterocycles. The third-order valence-corrected chi connectivity index (χ3v) is 4.59. The monoisotopic (exact) mass is 472 g/mol. The third kappa shape index (κ3) is 10.7. The van der Waals surface area contributed by atoms with Gasteiger partial charge in [0.1, 0.15) is 0 Å². The first-order valence-electron chi connectivity index (χ1n) is 8.58. The second-order valence-electron chi connectivity index (χ2n) is 5.74. The molecular weight excluding hydrogens is 442 g/mol. The van der Waals surface area contributed by atoms with Crippen LogP contribution in [0.4, 0.5) is 0 Å². The SMILES string of the molecule is O=C(CCN(CCC(=O)OCC[Se])CCN1CCCC1)OCC[Se]. The van der Waals surface area contributed by atoms with Crippen molar-refractivity contribution in [3.8, 4) is 0 Å². The van der Waals surface area contributed by atoms with Gasteiger partial charge in [0.05, 0.1) is 0 Å². The fourth-order valence-corrected chi connectivity index (χ4v) is 2.93. The second-order valence-corrected chi connectivity index (χ2v) is 7.45. The number of ether oxygens (including phenoxy) is 2. The third-order valence-electron chi connectivity index (χ3n) is 3.89. The number of likely N-dealkylation sites (tertiary alicyclic amines) is 1. The van der Waals surface area contributed by atoms with E-state index in [-0.39, 0.29) is 11.9 Å². The van der Waals surface area contributed by atoms with E-state index in [1.54, 1.807) is 0 Å². The van der Waals surface area contributed by atoms with Crippen molar-refractivity contribution >= 4 is 44.0 Å². The molecule has 0 amide bonds. The summed E-state index contributed by atoms with van der Waals surface area (Å²) in [5.74, 6) is -0.360. The predicted molar refractivity (Wildman–Crippen MR) is 94.4 cm³/mol. The van der Waals surface area contributed by atoms with Gasteiger partial charge in [0.2, 0.25) is 0 Å². The van der Waals surface area contributed by atoms with Crippen molar-refractivity contribution in [1.82, 2.24) is 9.80 Å². The topological polar surface area (TPSA) is 59.1 Å². The Bertz CT molecular complexity index is 342. The van der Waals surface area contributed by atoms with Crippen molar-refractivity contribution in [2.45, 2.75) is 36.3 Å². The summed E-state index contributed by atoms with van der Waals surface area (Å²) in [6, 6.07) is 0. The zero-order valence-electron chi connectivity index (χ0n) is 14.2. The quantitative estimate of drug-likeness (QED) is 0.288. The molecule has 0 atom stereocenters. The van der Waals surface area contributed by atoms with Gasteiger partial charge >= 0.3 is 162 Å². The standard InChI is InChI=1S/C16H28N2O4Se2/c19-15(21-11-13-23)3-7-18(8-4-16(20)22-12-14-24)10-9-17-5-1-2-6-17/h1-14H2. The molecule has 1 fully saturated rings. The van der Waals surface area contributed by atoms with Gasteiger partial charge in [-0.05, 0) is 0 Å². The number of hydrogen-bond donors (Lipinski definition) is 0. The van der Waals surface area contributed by atoms with Gasteiger partial charge in [0.15, 0.2) is 0 Å². The van der Waals surface area contributed by atoms with E-state index in [0.29, 0.717) is 49.8 Å². The number of carbonyl (C=O) groups excluding carboxylic acids is 2. The van der Waals surface area contributed by atoms with Gasteiger partial charge in [-0.3, -0.25) is 0 Å². The van der Waals surface area contributed by atoms with Crippen LogP contribution in [-0.4, -0.2) is 106 Å². The average Bonchev–Trinajstić information content (AvgIpc) is 3.10. The summed E-state index contributed by atoms with van der Waals surface area (Å²) in [6.45, 7) is 6.24. The molecule has 6 nitrogen and oxygen atoms in total. The summed E-state index contributed by atoms with van der Waals surface area (Å²) in [5.41, 5.74) is 0. The fourth-order valence-electron chi connectivity index (χ4n) is 2.58. The summed E-state index contributed by atoms with van der Waals surface area (Å²) in [5, 5.41) is 1.43. The Kier molecular flexibility index (Phi) is 12.9. The normalized spacial score (nSPS) is 15.0. The Morgan fingerprint density at radius 3 is 1.83 bits per heavy atom. The Balaban J connectivity index is 2.33. The number of nitrogens with zero attached hydrogens (tertiary/aromatic N) is 2. The van der Waals surface area contributed by atoms with Gasteiger partial charge in [0, 0.05) is 0 Å². The first-order chi connectivity index (χ1) is 11.7. The molecule has 2 radical (unpaired) electrons. The Morgan fingerprint density at radius 1 is 0.875 bits per heavy atom. The van der Waals surface area contributed by atoms with Gasteiger partial charge in [0.25, 0.3) is 0 Å². The predicted octanol–water partition coefficient (Wildman–Crippen LogP) is 0.424. The fraction of sp³-hybridized carbons (Fsp3) is 0.875. The summed E-state index contributed by atoms with van der Waals surface area (Å²) < 4.78 is 10.2. The van der Waals surface area contributed by atoms with Gasteiger partial charge in [-0.25, -0.2) is 0 Å². The van der Waals surface area contributed by atoms with Crippen LogP contribution in [0, 0.1) is 0 Å². The van der Waals surface area contributed by atoms with E-state index in [2.05, 4.69) is 41.8 Å². The van der Waals surface area contributed by atoms with Crippen LogP contribution in [0.15, 0.2) is 0 Å². The maximum atomic E-state index is 11.7. The van der Waals surface area contributed by atoms with Crippen molar-refractivity contribution in [3.63, 3.8) is 0 Å². The molecule has 1 aliphatic heterocycles. The van der Waals surface area contributed by atoms with Crippen molar-refractivity contribution in [3.05, 3.63) is 0 Å². The zero-order valence-corrected chi connectivity index (χ0v) is 17.7. The Labute approximate surface area is 161 Å². The van der Waals surface area contributed by atoms with Crippen LogP contribution in [-0.2, 0) is 19.1 Å². The van der Waals surface area contributed by atoms with E-state index in [1.807, 2.05) is 0 Å².